The molecule has 1 aromatic heterocycles. The van der Waals surface area contributed by atoms with E-state index in [0.29, 0.717) is 11.4 Å². The summed E-state index contributed by atoms with van der Waals surface area (Å²) in [7, 11) is 1.30. The van der Waals surface area contributed by atoms with Gasteiger partial charge in [0.2, 0.25) is 5.91 Å². The summed E-state index contributed by atoms with van der Waals surface area (Å²) >= 11 is 0. The molecule has 0 aliphatic carbocycles. The number of carbonyl (C=O) groups excluding carboxylic acids is 2. The number of rotatable bonds is 6. The molecule has 3 rings (SSSR count). The van der Waals surface area contributed by atoms with Crippen LogP contribution in [0.15, 0.2) is 47.1 Å². The zero-order valence-corrected chi connectivity index (χ0v) is 15.5. The first-order valence-electron chi connectivity index (χ1n) is 8.53. The molecule has 0 spiro atoms. The second-order valence-electron chi connectivity index (χ2n) is 6.31. The number of anilines is 1. The van der Waals surface area contributed by atoms with Gasteiger partial charge in [-0.05, 0) is 61.4 Å². The highest BCUT2D eigenvalue weighted by Crippen LogP contribution is 2.25. The van der Waals surface area contributed by atoms with E-state index in [9.17, 15) is 9.59 Å². The van der Waals surface area contributed by atoms with Gasteiger partial charge in [0.25, 0.3) is 0 Å². The highest BCUT2D eigenvalue weighted by molar-refractivity contribution is 5.95. The molecular formula is C21H21NO5. The van der Waals surface area contributed by atoms with Crippen molar-refractivity contribution in [3.05, 3.63) is 59.4 Å². The fourth-order valence-corrected chi connectivity index (χ4v) is 2.69. The molecule has 1 heterocycles. The first-order chi connectivity index (χ1) is 13.0. The molecule has 0 saturated heterocycles. The van der Waals surface area contributed by atoms with E-state index in [4.69, 9.17) is 9.15 Å². The zero-order chi connectivity index (χ0) is 19.4. The van der Waals surface area contributed by atoms with Gasteiger partial charge in [-0.25, -0.2) is 4.79 Å². The molecule has 0 saturated carbocycles. The normalized spacial score (nSPS) is 10.6. The average Bonchev–Trinajstić information content (AvgIpc) is 3.02. The summed E-state index contributed by atoms with van der Waals surface area (Å²) in [6, 6.07) is 10.8. The van der Waals surface area contributed by atoms with Crippen LogP contribution < -0.4 is 10.1 Å². The van der Waals surface area contributed by atoms with Crippen LogP contribution in [-0.2, 0) is 20.7 Å². The van der Waals surface area contributed by atoms with Gasteiger partial charge in [0.1, 0.15) is 11.3 Å². The van der Waals surface area contributed by atoms with Gasteiger partial charge in [-0.2, -0.15) is 0 Å². The number of nitrogens with one attached hydrogen (secondary N) is 1. The highest BCUT2D eigenvalue weighted by Gasteiger charge is 2.12. The third-order valence-corrected chi connectivity index (χ3v) is 4.34. The molecule has 3 aromatic rings. The first-order valence-corrected chi connectivity index (χ1v) is 8.53. The SMILES string of the molecule is COC(=O)COc1ccc(NC(=O)Cc2coc3cc(C)c(C)cc23)cc1. The van der Waals surface area contributed by atoms with Crippen molar-refractivity contribution in [2.45, 2.75) is 20.3 Å². The van der Waals surface area contributed by atoms with Gasteiger partial charge in [0.15, 0.2) is 6.61 Å². The van der Waals surface area contributed by atoms with Gasteiger partial charge in [-0.15, -0.1) is 0 Å². The minimum Gasteiger partial charge on any atom is -0.482 e. The summed E-state index contributed by atoms with van der Waals surface area (Å²) in [6.07, 6.45) is 1.85. The topological polar surface area (TPSA) is 77.8 Å². The summed E-state index contributed by atoms with van der Waals surface area (Å²) in [5.41, 5.74) is 4.59. The number of methoxy groups -OCH3 is 1. The molecule has 27 heavy (non-hydrogen) atoms. The Morgan fingerprint density at radius 1 is 1.07 bits per heavy atom. The van der Waals surface area contributed by atoms with Crippen LogP contribution in [0.25, 0.3) is 11.0 Å². The van der Waals surface area contributed by atoms with Crippen LogP contribution in [0.2, 0.25) is 0 Å². The van der Waals surface area contributed by atoms with Crippen LogP contribution in [0.3, 0.4) is 0 Å². The minimum absolute atomic E-state index is 0.140. The summed E-state index contributed by atoms with van der Waals surface area (Å²) in [4.78, 5) is 23.4. The molecular weight excluding hydrogens is 346 g/mol. The quantitative estimate of drug-likeness (QED) is 0.671. The average molecular weight is 367 g/mol. The molecule has 0 aliphatic heterocycles. The third-order valence-electron chi connectivity index (χ3n) is 4.34. The number of furan rings is 1. The van der Waals surface area contributed by atoms with E-state index in [2.05, 4.69) is 10.1 Å². The fourth-order valence-electron chi connectivity index (χ4n) is 2.69. The lowest BCUT2D eigenvalue weighted by molar-refractivity contribution is -0.142. The maximum atomic E-state index is 12.4. The van der Waals surface area contributed by atoms with Crippen LogP contribution in [0.4, 0.5) is 5.69 Å². The Hall–Kier alpha value is -3.28. The van der Waals surface area contributed by atoms with E-state index in [-0.39, 0.29) is 18.9 Å². The lowest BCUT2D eigenvalue weighted by Crippen LogP contribution is -2.14. The van der Waals surface area contributed by atoms with E-state index in [0.717, 1.165) is 27.7 Å². The standard InChI is InChI=1S/C21H21NO5/c1-13-8-18-15(11-27-19(18)9-14(13)2)10-20(23)22-16-4-6-17(7-5-16)26-12-21(24)25-3/h4-9,11H,10,12H2,1-3H3,(H,22,23). The molecule has 1 N–H and O–H groups in total. The van der Waals surface area contributed by atoms with E-state index >= 15 is 0 Å². The van der Waals surface area contributed by atoms with E-state index in [1.54, 1.807) is 30.5 Å². The maximum Gasteiger partial charge on any atom is 0.343 e. The van der Waals surface area contributed by atoms with Gasteiger partial charge in [-0.1, -0.05) is 0 Å². The highest BCUT2D eigenvalue weighted by atomic mass is 16.6. The molecule has 2 aromatic carbocycles. The van der Waals surface area contributed by atoms with Gasteiger partial charge < -0.3 is 19.2 Å². The van der Waals surface area contributed by atoms with Crippen molar-refractivity contribution >= 4 is 28.5 Å². The fraction of sp³-hybridized carbons (Fsp3) is 0.238. The number of amides is 1. The predicted molar refractivity (Wildman–Crippen MR) is 102 cm³/mol. The molecule has 0 unspecified atom stereocenters. The van der Waals surface area contributed by atoms with E-state index < -0.39 is 5.97 Å². The van der Waals surface area contributed by atoms with Gasteiger partial charge in [0.05, 0.1) is 19.8 Å². The Labute approximate surface area is 157 Å². The zero-order valence-electron chi connectivity index (χ0n) is 15.5. The number of benzene rings is 2. The van der Waals surface area contributed by atoms with Crippen molar-refractivity contribution in [1.82, 2.24) is 0 Å². The van der Waals surface area contributed by atoms with Crippen molar-refractivity contribution in [2.24, 2.45) is 0 Å². The largest absolute Gasteiger partial charge is 0.482 e. The van der Waals surface area contributed by atoms with Gasteiger partial charge in [-0.3, -0.25) is 4.79 Å². The third kappa shape index (κ3) is 4.47. The summed E-state index contributed by atoms with van der Waals surface area (Å²) in [6.45, 7) is 3.91. The van der Waals surface area contributed by atoms with Crippen LogP contribution in [0.1, 0.15) is 16.7 Å². The number of fused-ring (bicyclic) bond motifs is 1. The minimum atomic E-state index is -0.454. The van der Waals surface area contributed by atoms with E-state index in [1.165, 1.54) is 7.11 Å². The van der Waals surface area contributed by atoms with Crippen LogP contribution in [0.5, 0.6) is 5.75 Å². The molecule has 6 nitrogen and oxygen atoms in total. The Kier molecular flexibility index (Phi) is 5.45. The summed E-state index contributed by atoms with van der Waals surface area (Å²) in [5, 5.41) is 3.80. The first kappa shape index (κ1) is 18.5. The monoisotopic (exact) mass is 367 g/mol. The Bertz CT molecular complexity index is 972. The molecule has 0 atom stereocenters. The number of carbonyl (C=O) groups is 2. The molecule has 0 aliphatic rings. The van der Waals surface area contributed by atoms with Crippen molar-refractivity contribution in [1.29, 1.82) is 0 Å². The van der Waals surface area contributed by atoms with Crippen molar-refractivity contribution in [3.8, 4) is 5.75 Å². The summed E-state index contributed by atoms with van der Waals surface area (Å²) in [5.74, 6) is -0.0746. The van der Waals surface area contributed by atoms with Crippen molar-refractivity contribution in [2.75, 3.05) is 19.0 Å². The smallest absolute Gasteiger partial charge is 0.343 e. The molecule has 0 bridgehead atoms. The summed E-state index contributed by atoms with van der Waals surface area (Å²) < 4.78 is 15.4. The van der Waals surface area contributed by atoms with Crippen LogP contribution in [-0.4, -0.2) is 25.6 Å². The molecule has 140 valence electrons. The Balaban J connectivity index is 1.62. The Morgan fingerprint density at radius 3 is 2.48 bits per heavy atom. The molecule has 1 amide bonds. The van der Waals surface area contributed by atoms with Crippen molar-refractivity contribution < 1.29 is 23.5 Å². The molecule has 0 radical (unpaired) electrons. The van der Waals surface area contributed by atoms with Gasteiger partial charge >= 0.3 is 5.97 Å². The second-order valence-corrected chi connectivity index (χ2v) is 6.31. The second kappa shape index (κ2) is 7.95. The van der Waals surface area contributed by atoms with Crippen molar-refractivity contribution in [3.63, 3.8) is 0 Å². The lowest BCUT2D eigenvalue weighted by Gasteiger charge is -2.07. The number of hydrogen-bond donors (Lipinski definition) is 1. The number of aryl methyl sites for hydroxylation is 2. The maximum absolute atomic E-state index is 12.4. The van der Waals surface area contributed by atoms with Gasteiger partial charge in [0, 0.05) is 16.6 Å². The van der Waals surface area contributed by atoms with Crippen LogP contribution in [0, 0.1) is 13.8 Å². The number of hydrogen-bond acceptors (Lipinski definition) is 5. The Morgan fingerprint density at radius 2 is 1.78 bits per heavy atom. The lowest BCUT2D eigenvalue weighted by atomic mass is 10.0. The number of ether oxygens (including phenoxy) is 2. The van der Waals surface area contributed by atoms with Crippen LogP contribution >= 0.6 is 0 Å². The number of esters is 1. The van der Waals surface area contributed by atoms with E-state index in [1.807, 2.05) is 26.0 Å². The molecule has 0 fully saturated rings. The predicted octanol–water partition coefficient (Wildman–Crippen LogP) is 3.78. The molecule has 6 heteroatoms.